The predicted molar refractivity (Wildman–Crippen MR) is 105 cm³/mol. The van der Waals surface area contributed by atoms with Gasteiger partial charge in [0.2, 0.25) is 0 Å². The van der Waals surface area contributed by atoms with Crippen LogP contribution >= 0.6 is 11.6 Å². The predicted octanol–water partition coefficient (Wildman–Crippen LogP) is 2.68. The largest absolute Gasteiger partial charge is 0.387 e. The number of hydrogen-bond donors (Lipinski definition) is 4. The molecule has 2 heterocycles. The molecule has 1 saturated carbocycles. The Morgan fingerprint density at radius 3 is 2.79 bits per heavy atom. The van der Waals surface area contributed by atoms with Crippen LogP contribution in [0, 0.1) is 0 Å². The molecule has 28 heavy (non-hydrogen) atoms. The van der Waals surface area contributed by atoms with E-state index in [2.05, 4.69) is 30.9 Å². The maximum absolute atomic E-state index is 13.9. The SMILES string of the molecule is CC(C)(O)C(F)CNC(=O)c1cnc(Nc2ncncc2Cl)cc1NC1CC1. The molecule has 150 valence electrons. The quantitative estimate of drug-likeness (QED) is 0.531. The van der Waals surface area contributed by atoms with E-state index in [9.17, 15) is 14.3 Å². The van der Waals surface area contributed by atoms with E-state index in [0.29, 0.717) is 22.3 Å². The normalized spacial score (nSPS) is 15.0. The monoisotopic (exact) mass is 408 g/mol. The van der Waals surface area contributed by atoms with Crippen molar-refractivity contribution in [2.45, 2.75) is 44.5 Å². The number of aromatic nitrogens is 3. The van der Waals surface area contributed by atoms with Crippen LogP contribution in [-0.4, -0.2) is 50.3 Å². The van der Waals surface area contributed by atoms with E-state index in [-0.39, 0.29) is 18.2 Å². The molecule has 10 heteroatoms. The Kier molecular flexibility index (Phi) is 5.95. The zero-order chi connectivity index (χ0) is 20.3. The van der Waals surface area contributed by atoms with Crippen molar-refractivity contribution in [3.05, 3.63) is 35.4 Å². The van der Waals surface area contributed by atoms with E-state index in [0.717, 1.165) is 12.8 Å². The van der Waals surface area contributed by atoms with E-state index in [1.807, 2.05) is 0 Å². The zero-order valence-corrected chi connectivity index (χ0v) is 16.3. The smallest absolute Gasteiger partial charge is 0.255 e. The summed E-state index contributed by atoms with van der Waals surface area (Å²) >= 11 is 6.05. The lowest BCUT2D eigenvalue weighted by molar-refractivity contribution is -0.00177. The molecule has 0 saturated heterocycles. The fraction of sp³-hybridized carbons (Fsp3) is 0.444. The van der Waals surface area contributed by atoms with E-state index >= 15 is 0 Å². The van der Waals surface area contributed by atoms with Crippen LogP contribution in [0.2, 0.25) is 5.02 Å². The van der Waals surface area contributed by atoms with Gasteiger partial charge in [0.1, 0.15) is 23.3 Å². The van der Waals surface area contributed by atoms with Crippen molar-refractivity contribution in [2.75, 3.05) is 17.2 Å². The van der Waals surface area contributed by atoms with Gasteiger partial charge in [0.05, 0.1) is 29.6 Å². The molecule has 2 aromatic rings. The summed E-state index contributed by atoms with van der Waals surface area (Å²) in [5.41, 5.74) is -0.680. The lowest BCUT2D eigenvalue weighted by Gasteiger charge is -2.22. The van der Waals surface area contributed by atoms with Crippen LogP contribution in [0.5, 0.6) is 0 Å². The molecule has 3 rings (SSSR count). The first-order valence-corrected chi connectivity index (χ1v) is 9.25. The van der Waals surface area contributed by atoms with Crippen molar-refractivity contribution in [3.63, 3.8) is 0 Å². The molecule has 0 aliphatic heterocycles. The van der Waals surface area contributed by atoms with Crippen molar-refractivity contribution in [3.8, 4) is 0 Å². The van der Waals surface area contributed by atoms with E-state index in [4.69, 9.17) is 11.6 Å². The molecule has 0 radical (unpaired) electrons. The fourth-order valence-electron chi connectivity index (χ4n) is 2.32. The van der Waals surface area contributed by atoms with Crippen LogP contribution in [0.3, 0.4) is 0 Å². The van der Waals surface area contributed by atoms with Gasteiger partial charge in [-0.1, -0.05) is 11.6 Å². The van der Waals surface area contributed by atoms with Gasteiger partial charge in [-0.05, 0) is 26.7 Å². The molecule has 1 aliphatic rings. The minimum absolute atomic E-state index is 0.286. The average molecular weight is 409 g/mol. The van der Waals surface area contributed by atoms with Gasteiger partial charge in [0, 0.05) is 18.3 Å². The molecule has 4 N–H and O–H groups in total. The summed E-state index contributed by atoms with van der Waals surface area (Å²) in [4.78, 5) is 24.6. The maximum Gasteiger partial charge on any atom is 0.255 e. The van der Waals surface area contributed by atoms with Crippen molar-refractivity contribution < 1.29 is 14.3 Å². The van der Waals surface area contributed by atoms with Gasteiger partial charge < -0.3 is 21.1 Å². The summed E-state index contributed by atoms with van der Waals surface area (Å²) in [5.74, 6) is 0.360. The van der Waals surface area contributed by atoms with E-state index in [1.54, 1.807) is 6.07 Å². The van der Waals surface area contributed by atoms with Gasteiger partial charge in [0.15, 0.2) is 5.82 Å². The van der Waals surface area contributed by atoms with Crippen LogP contribution in [0.15, 0.2) is 24.8 Å². The fourth-order valence-corrected chi connectivity index (χ4v) is 2.48. The molecule has 1 atom stereocenters. The average Bonchev–Trinajstić information content (AvgIpc) is 3.45. The third-order valence-corrected chi connectivity index (χ3v) is 4.48. The number of carbonyl (C=O) groups excluding carboxylic acids is 1. The van der Waals surface area contributed by atoms with Crippen LogP contribution in [0.4, 0.5) is 21.7 Å². The van der Waals surface area contributed by atoms with Crippen molar-refractivity contribution in [2.24, 2.45) is 0 Å². The molecule has 0 bridgehead atoms. The summed E-state index contributed by atoms with van der Waals surface area (Å²) in [6.45, 7) is 2.40. The van der Waals surface area contributed by atoms with Crippen LogP contribution in [-0.2, 0) is 0 Å². The molecule has 2 aromatic heterocycles. The molecular weight excluding hydrogens is 387 g/mol. The number of hydrogen-bond acceptors (Lipinski definition) is 7. The van der Waals surface area contributed by atoms with Gasteiger partial charge in [0.25, 0.3) is 5.91 Å². The summed E-state index contributed by atoms with van der Waals surface area (Å²) < 4.78 is 13.9. The third kappa shape index (κ3) is 5.26. The van der Waals surface area contributed by atoms with E-state index in [1.165, 1.54) is 32.6 Å². The minimum atomic E-state index is -1.59. The third-order valence-electron chi connectivity index (χ3n) is 4.21. The number of carbonyl (C=O) groups is 1. The Hall–Kier alpha value is -2.52. The van der Waals surface area contributed by atoms with E-state index < -0.39 is 17.7 Å². The molecule has 0 spiro atoms. The lowest BCUT2D eigenvalue weighted by Crippen LogP contribution is -2.42. The lowest BCUT2D eigenvalue weighted by atomic mass is 10.0. The van der Waals surface area contributed by atoms with Gasteiger partial charge in [-0.25, -0.2) is 19.3 Å². The number of amides is 1. The number of rotatable bonds is 8. The summed E-state index contributed by atoms with van der Waals surface area (Å²) in [6, 6.07) is 1.96. The second-order valence-electron chi connectivity index (χ2n) is 7.21. The van der Waals surface area contributed by atoms with Gasteiger partial charge >= 0.3 is 0 Å². The number of nitrogens with zero attached hydrogens (tertiary/aromatic N) is 3. The van der Waals surface area contributed by atoms with Gasteiger partial charge in [-0.3, -0.25) is 4.79 Å². The molecule has 1 amide bonds. The number of alkyl halides is 1. The molecule has 1 aliphatic carbocycles. The van der Waals surface area contributed by atoms with Crippen LogP contribution in [0.25, 0.3) is 0 Å². The van der Waals surface area contributed by atoms with Crippen molar-refractivity contribution in [1.82, 2.24) is 20.3 Å². The highest BCUT2D eigenvalue weighted by molar-refractivity contribution is 6.32. The molecule has 1 fully saturated rings. The highest BCUT2D eigenvalue weighted by atomic mass is 35.5. The van der Waals surface area contributed by atoms with Gasteiger partial charge in [-0.15, -0.1) is 0 Å². The number of aliphatic hydroxyl groups is 1. The Morgan fingerprint density at radius 1 is 1.39 bits per heavy atom. The first-order valence-electron chi connectivity index (χ1n) is 8.88. The van der Waals surface area contributed by atoms with Crippen LogP contribution < -0.4 is 16.0 Å². The second-order valence-corrected chi connectivity index (χ2v) is 7.62. The maximum atomic E-state index is 13.9. The number of pyridine rings is 1. The van der Waals surface area contributed by atoms with Gasteiger partial charge in [-0.2, -0.15) is 0 Å². The molecule has 8 nitrogen and oxygen atoms in total. The zero-order valence-electron chi connectivity index (χ0n) is 15.5. The highest BCUT2D eigenvalue weighted by Crippen LogP contribution is 2.29. The molecular formula is C18H22ClFN6O2. The summed E-state index contributed by atoms with van der Waals surface area (Å²) in [7, 11) is 0. The Morgan fingerprint density at radius 2 is 2.14 bits per heavy atom. The topological polar surface area (TPSA) is 112 Å². The van der Waals surface area contributed by atoms with Crippen molar-refractivity contribution in [1.29, 1.82) is 0 Å². The summed E-state index contributed by atoms with van der Waals surface area (Å²) in [5, 5.41) is 18.8. The first-order chi connectivity index (χ1) is 13.2. The highest BCUT2D eigenvalue weighted by Gasteiger charge is 2.28. The Labute approximate surface area is 167 Å². The number of anilines is 3. The number of halogens is 2. The standard InChI is InChI=1S/C18H22ClFN6O2/c1-18(2,28)14(20)8-23-17(27)11-6-22-15(5-13(11)25-10-3-4-10)26-16-12(19)7-21-9-24-16/h5-7,9-10,14,28H,3-4,8H2,1-2H3,(H,23,27)(H2,21,22,24,25,26). The Balaban J connectivity index is 1.77. The minimum Gasteiger partial charge on any atom is -0.387 e. The molecule has 1 unspecified atom stereocenters. The number of nitrogens with one attached hydrogen (secondary N) is 3. The molecule has 0 aromatic carbocycles. The summed E-state index contributed by atoms with van der Waals surface area (Å²) in [6.07, 6.45) is 4.64. The Bertz CT molecular complexity index is 856. The first kappa shape index (κ1) is 20.2. The van der Waals surface area contributed by atoms with Crippen molar-refractivity contribution >= 4 is 34.8 Å². The van der Waals surface area contributed by atoms with Crippen LogP contribution in [0.1, 0.15) is 37.0 Å². The second kappa shape index (κ2) is 8.24.